The van der Waals surface area contributed by atoms with Crippen molar-refractivity contribution in [3.05, 3.63) is 0 Å². The molecule has 2 atom stereocenters. The van der Waals surface area contributed by atoms with Crippen molar-refractivity contribution in [1.29, 1.82) is 0 Å². The molecule has 16 heavy (non-hydrogen) atoms. The van der Waals surface area contributed by atoms with Crippen LogP contribution in [0.2, 0.25) is 0 Å². The van der Waals surface area contributed by atoms with Gasteiger partial charge in [0.25, 0.3) is 0 Å². The first-order valence-corrected chi connectivity index (χ1v) is 6.63. The monoisotopic (exact) mass is 225 g/mol. The van der Waals surface area contributed by atoms with E-state index in [-0.39, 0.29) is 0 Å². The van der Waals surface area contributed by atoms with Gasteiger partial charge in [0.2, 0.25) is 0 Å². The molecule has 0 bridgehead atoms. The quantitative estimate of drug-likeness (QED) is 0.752. The SMILES string of the molecule is C[C@@H]1CNC[C@H]1CN1CCN(C)C(C)(C)C1. The molecule has 0 aromatic carbocycles. The van der Waals surface area contributed by atoms with Gasteiger partial charge in [0.15, 0.2) is 0 Å². The minimum absolute atomic E-state index is 0.341. The molecule has 2 heterocycles. The molecule has 0 amide bonds. The third-order valence-electron chi connectivity index (χ3n) is 4.57. The highest BCUT2D eigenvalue weighted by Gasteiger charge is 2.33. The van der Waals surface area contributed by atoms with Gasteiger partial charge in [-0.15, -0.1) is 0 Å². The summed E-state index contributed by atoms with van der Waals surface area (Å²) in [7, 11) is 2.25. The fraction of sp³-hybridized carbons (Fsp3) is 1.00. The standard InChI is InChI=1S/C13H27N3/c1-11-7-14-8-12(11)9-16-6-5-15(4)13(2,3)10-16/h11-12,14H,5-10H2,1-4H3/t11-,12+/m1/s1. The number of piperazine rings is 1. The van der Waals surface area contributed by atoms with E-state index in [1.807, 2.05) is 0 Å². The van der Waals surface area contributed by atoms with Crippen molar-refractivity contribution < 1.29 is 0 Å². The molecule has 0 unspecified atom stereocenters. The average Bonchev–Trinajstić information content (AvgIpc) is 2.58. The van der Waals surface area contributed by atoms with Gasteiger partial charge < -0.3 is 5.32 Å². The molecule has 2 fully saturated rings. The fourth-order valence-electron chi connectivity index (χ4n) is 2.94. The molecule has 0 aliphatic carbocycles. The van der Waals surface area contributed by atoms with Crippen molar-refractivity contribution in [2.45, 2.75) is 26.3 Å². The lowest BCUT2D eigenvalue weighted by Crippen LogP contribution is -2.58. The first-order chi connectivity index (χ1) is 7.49. The van der Waals surface area contributed by atoms with Gasteiger partial charge in [-0.2, -0.15) is 0 Å². The smallest absolute Gasteiger partial charge is 0.0277 e. The van der Waals surface area contributed by atoms with Gasteiger partial charge >= 0.3 is 0 Å². The van der Waals surface area contributed by atoms with Gasteiger partial charge in [-0.1, -0.05) is 6.92 Å². The second-order valence-corrected chi connectivity index (χ2v) is 6.36. The molecule has 0 aromatic rings. The molecular weight excluding hydrogens is 198 g/mol. The predicted molar refractivity (Wildman–Crippen MR) is 68.7 cm³/mol. The topological polar surface area (TPSA) is 18.5 Å². The minimum Gasteiger partial charge on any atom is -0.316 e. The molecule has 2 saturated heterocycles. The van der Waals surface area contributed by atoms with Crippen LogP contribution in [0.1, 0.15) is 20.8 Å². The van der Waals surface area contributed by atoms with Crippen molar-refractivity contribution in [3.8, 4) is 0 Å². The average molecular weight is 225 g/mol. The Bertz CT molecular complexity index is 239. The van der Waals surface area contributed by atoms with Crippen LogP contribution in [0.4, 0.5) is 0 Å². The van der Waals surface area contributed by atoms with Crippen LogP contribution in [0.5, 0.6) is 0 Å². The van der Waals surface area contributed by atoms with Crippen molar-refractivity contribution >= 4 is 0 Å². The van der Waals surface area contributed by atoms with E-state index in [0.29, 0.717) is 5.54 Å². The van der Waals surface area contributed by atoms with Crippen LogP contribution in [-0.4, -0.2) is 61.7 Å². The van der Waals surface area contributed by atoms with Crippen molar-refractivity contribution in [2.75, 3.05) is 46.3 Å². The zero-order valence-corrected chi connectivity index (χ0v) is 11.3. The summed E-state index contributed by atoms with van der Waals surface area (Å²) in [4.78, 5) is 5.15. The minimum atomic E-state index is 0.341. The number of likely N-dealkylation sites (N-methyl/N-ethyl adjacent to an activating group) is 1. The van der Waals surface area contributed by atoms with Crippen LogP contribution in [0.3, 0.4) is 0 Å². The van der Waals surface area contributed by atoms with Crippen molar-refractivity contribution in [2.24, 2.45) is 11.8 Å². The molecule has 2 aliphatic heterocycles. The van der Waals surface area contributed by atoms with Crippen LogP contribution < -0.4 is 5.32 Å². The Hall–Kier alpha value is -0.120. The molecule has 0 spiro atoms. The summed E-state index contributed by atoms with van der Waals surface area (Å²) in [5.74, 6) is 1.71. The highest BCUT2D eigenvalue weighted by atomic mass is 15.3. The van der Waals surface area contributed by atoms with Crippen molar-refractivity contribution in [1.82, 2.24) is 15.1 Å². The third-order valence-corrected chi connectivity index (χ3v) is 4.57. The molecule has 94 valence electrons. The van der Waals surface area contributed by atoms with E-state index in [0.717, 1.165) is 11.8 Å². The Morgan fingerprint density at radius 1 is 1.25 bits per heavy atom. The molecule has 0 aromatic heterocycles. The third kappa shape index (κ3) is 2.58. The molecule has 1 N–H and O–H groups in total. The van der Waals surface area contributed by atoms with Gasteiger partial charge in [0.1, 0.15) is 0 Å². The second kappa shape index (κ2) is 4.63. The summed E-state index contributed by atoms with van der Waals surface area (Å²) in [5, 5.41) is 3.50. The Kier molecular flexibility index (Phi) is 3.57. The lowest BCUT2D eigenvalue weighted by Gasteiger charge is -2.46. The number of hydrogen-bond donors (Lipinski definition) is 1. The largest absolute Gasteiger partial charge is 0.316 e. The Balaban J connectivity index is 1.87. The number of hydrogen-bond acceptors (Lipinski definition) is 3. The number of nitrogens with one attached hydrogen (secondary N) is 1. The molecule has 2 rings (SSSR count). The Labute approximate surface area is 100 Å². The van der Waals surface area contributed by atoms with Crippen LogP contribution in [0.15, 0.2) is 0 Å². The molecule has 0 saturated carbocycles. The van der Waals surface area contributed by atoms with Crippen LogP contribution in [0.25, 0.3) is 0 Å². The zero-order chi connectivity index (χ0) is 11.8. The van der Waals surface area contributed by atoms with E-state index >= 15 is 0 Å². The van der Waals surface area contributed by atoms with Gasteiger partial charge in [-0.25, -0.2) is 0 Å². The van der Waals surface area contributed by atoms with E-state index in [1.54, 1.807) is 0 Å². The highest BCUT2D eigenvalue weighted by molar-refractivity contribution is 4.90. The van der Waals surface area contributed by atoms with Crippen molar-refractivity contribution in [3.63, 3.8) is 0 Å². The summed E-state index contributed by atoms with van der Waals surface area (Å²) in [5.41, 5.74) is 0.341. The molecular formula is C13H27N3. The first kappa shape index (κ1) is 12.3. The Morgan fingerprint density at radius 2 is 2.00 bits per heavy atom. The zero-order valence-electron chi connectivity index (χ0n) is 11.3. The number of nitrogens with zero attached hydrogens (tertiary/aromatic N) is 2. The maximum absolute atomic E-state index is 3.50. The van der Waals surface area contributed by atoms with Crippen LogP contribution in [-0.2, 0) is 0 Å². The fourth-order valence-corrected chi connectivity index (χ4v) is 2.94. The Morgan fingerprint density at radius 3 is 2.56 bits per heavy atom. The highest BCUT2D eigenvalue weighted by Crippen LogP contribution is 2.22. The molecule has 0 radical (unpaired) electrons. The lowest BCUT2D eigenvalue weighted by atomic mass is 9.94. The summed E-state index contributed by atoms with van der Waals surface area (Å²) in [6.07, 6.45) is 0. The first-order valence-electron chi connectivity index (χ1n) is 6.63. The number of rotatable bonds is 2. The van der Waals surface area contributed by atoms with Gasteiger partial charge in [0.05, 0.1) is 0 Å². The summed E-state index contributed by atoms with van der Waals surface area (Å²) in [6.45, 7) is 14.5. The molecule has 3 nitrogen and oxygen atoms in total. The summed E-state index contributed by atoms with van der Waals surface area (Å²) in [6, 6.07) is 0. The maximum Gasteiger partial charge on any atom is 0.0277 e. The van der Waals surface area contributed by atoms with E-state index in [4.69, 9.17) is 0 Å². The van der Waals surface area contributed by atoms with E-state index in [2.05, 4.69) is 42.9 Å². The van der Waals surface area contributed by atoms with Gasteiger partial charge in [-0.3, -0.25) is 9.80 Å². The predicted octanol–water partition coefficient (Wildman–Crippen LogP) is 0.868. The summed E-state index contributed by atoms with van der Waals surface area (Å²) >= 11 is 0. The van der Waals surface area contributed by atoms with E-state index in [1.165, 1.54) is 39.3 Å². The van der Waals surface area contributed by atoms with Crippen LogP contribution >= 0.6 is 0 Å². The van der Waals surface area contributed by atoms with E-state index < -0.39 is 0 Å². The molecule has 2 aliphatic rings. The lowest BCUT2D eigenvalue weighted by molar-refractivity contribution is 0.0307. The van der Waals surface area contributed by atoms with Gasteiger partial charge in [0, 0.05) is 31.7 Å². The molecule has 3 heteroatoms. The summed E-state index contributed by atoms with van der Waals surface area (Å²) < 4.78 is 0. The normalized spacial score (nSPS) is 36.8. The maximum atomic E-state index is 3.50. The second-order valence-electron chi connectivity index (χ2n) is 6.36. The van der Waals surface area contributed by atoms with Gasteiger partial charge in [-0.05, 0) is 45.8 Å². The van der Waals surface area contributed by atoms with Crippen LogP contribution in [0, 0.1) is 11.8 Å². The van der Waals surface area contributed by atoms with E-state index in [9.17, 15) is 0 Å².